The van der Waals surface area contributed by atoms with Gasteiger partial charge >= 0.3 is 0 Å². The van der Waals surface area contributed by atoms with Crippen molar-refractivity contribution in [1.29, 1.82) is 0 Å². The molecular weight excluding hydrogens is 522 g/mol. The van der Waals surface area contributed by atoms with Crippen molar-refractivity contribution < 1.29 is 18.0 Å². The van der Waals surface area contributed by atoms with Gasteiger partial charge in [-0.3, -0.25) is 13.9 Å². The maximum atomic E-state index is 14.1. The molecule has 0 unspecified atom stereocenters. The van der Waals surface area contributed by atoms with E-state index >= 15 is 0 Å². The summed E-state index contributed by atoms with van der Waals surface area (Å²) in [6.07, 6.45) is 0.915. The Morgan fingerprint density at radius 1 is 0.900 bits per heavy atom. The van der Waals surface area contributed by atoms with Gasteiger partial charge in [0.15, 0.2) is 0 Å². The molecule has 0 bridgehead atoms. The SMILES string of the molecule is CC[C@H](C(=O)NC(C)(C)C)N(CCc1ccccc1)C(=O)CN(c1ccc(C)cc1C)S(=O)(=O)c1ccccc1. The summed E-state index contributed by atoms with van der Waals surface area (Å²) in [4.78, 5) is 29.1. The third-order valence-corrected chi connectivity index (χ3v) is 8.37. The zero-order chi connectivity index (χ0) is 29.5. The second kappa shape index (κ2) is 13.1. The van der Waals surface area contributed by atoms with Crippen LogP contribution in [0.25, 0.3) is 0 Å². The average molecular weight is 564 g/mol. The number of sulfonamides is 1. The molecule has 3 aromatic rings. The molecule has 0 aliphatic rings. The van der Waals surface area contributed by atoms with Crippen LogP contribution in [0.1, 0.15) is 50.8 Å². The average Bonchev–Trinajstić information content (AvgIpc) is 2.90. The van der Waals surface area contributed by atoms with E-state index in [1.807, 2.05) is 84.0 Å². The fourth-order valence-electron chi connectivity index (χ4n) is 4.67. The highest BCUT2D eigenvalue weighted by Gasteiger charge is 2.34. The van der Waals surface area contributed by atoms with Gasteiger partial charge in [-0.1, -0.05) is 73.2 Å². The van der Waals surface area contributed by atoms with Crippen LogP contribution in [0.4, 0.5) is 5.69 Å². The first-order valence-corrected chi connectivity index (χ1v) is 15.1. The number of rotatable bonds is 11. The number of hydrogen-bond acceptors (Lipinski definition) is 4. The Balaban J connectivity index is 2.04. The monoisotopic (exact) mass is 563 g/mol. The van der Waals surface area contributed by atoms with Crippen LogP contribution in [-0.2, 0) is 26.0 Å². The van der Waals surface area contributed by atoms with E-state index in [1.165, 1.54) is 21.3 Å². The molecule has 8 heteroatoms. The predicted molar refractivity (Wildman–Crippen MR) is 161 cm³/mol. The van der Waals surface area contributed by atoms with Crippen LogP contribution in [-0.4, -0.2) is 49.8 Å². The van der Waals surface area contributed by atoms with Crippen molar-refractivity contribution in [3.63, 3.8) is 0 Å². The number of nitrogens with one attached hydrogen (secondary N) is 1. The summed E-state index contributed by atoms with van der Waals surface area (Å²) in [6, 6.07) is 22.5. The fraction of sp³-hybridized carbons (Fsp3) is 0.375. The van der Waals surface area contributed by atoms with Gasteiger partial charge in [-0.25, -0.2) is 8.42 Å². The molecule has 214 valence electrons. The third-order valence-electron chi connectivity index (χ3n) is 6.60. The van der Waals surface area contributed by atoms with E-state index in [4.69, 9.17) is 0 Å². The summed E-state index contributed by atoms with van der Waals surface area (Å²) in [5.41, 5.74) is 2.69. The van der Waals surface area contributed by atoms with Gasteiger partial charge in [-0.2, -0.15) is 0 Å². The largest absolute Gasteiger partial charge is 0.350 e. The van der Waals surface area contributed by atoms with Crippen LogP contribution >= 0.6 is 0 Å². The van der Waals surface area contributed by atoms with Crippen LogP contribution < -0.4 is 9.62 Å². The van der Waals surface area contributed by atoms with E-state index < -0.39 is 34.1 Å². The summed E-state index contributed by atoms with van der Waals surface area (Å²) in [6.45, 7) is 11.1. The van der Waals surface area contributed by atoms with Crippen molar-refractivity contribution in [2.45, 2.75) is 70.9 Å². The van der Waals surface area contributed by atoms with Gasteiger partial charge < -0.3 is 10.2 Å². The highest BCUT2D eigenvalue weighted by Crippen LogP contribution is 2.28. The molecule has 0 radical (unpaired) electrons. The first-order chi connectivity index (χ1) is 18.8. The molecule has 1 N–H and O–H groups in total. The number of benzene rings is 3. The molecule has 0 aliphatic heterocycles. The van der Waals surface area contributed by atoms with Gasteiger partial charge in [-0.15, -0.1) is 0 Å². The minimum Gasteiger partial charge on any atom is -0.350 e. The van der Waals surface area contributed by atoms with Crippen molar-refractivity contribution in [1.82, 2.24) is 10.2 Å². The quantitative estimate of drug-likeness (QED) is 0.345. The van der Waals surface area contributed by atoms with Gasteiger partial charge in [0.1, 0.15) is 12.6 Å². The molecule has 0 aromatic heterocycles. The normalized spacial score (nSPS) is 12.4. The highest BCUT2D eigenvalue weighted by atomic mass is 32.2. The summed E-state index contributed by atoms with van der Waals surface area (Å²) < 4.78 is 29.1. The molecule has 3 rings (SSSR count). The van der Waals surface area contributed by atoms with Crippen molar-refractivity contribution >= 4 is 27.5 Å². The molecule has 0 saturated carbocycles. The lowest BCUT2D eigenvalue weighted by molar-refractivity contribution is -0.140. The second-order valence-corrected chi connectivity index (χ2v) is 13.0. The smallest absolute Gasteiger partial charge is 0.264 e. The minimum absolute atomic E-state index is 0.0936. The second-order valence-electron chi connectivity index (χ2n) is 11.1. The van der Waals surface area contributed by atoms with Crippen LogP contribution in [0.3, 0.4) is 0 Å². The van der Waals surface area contributed by atoms with E-state index in [0.717, 1.165) is 16.7 Å². The molecule has 0 saturated heterocycles. The number of carbonyl (C=O) groups excluding carboxylic acids is 2. The Hall–Kier alpha value is -3.65. The lowest BCUT2D eigenvalue weighted by atomic mass is 10.1. The van der Waals surface area contributed by atoms with E-state index in [-0.39, 0.29) is 17.3 Å². The highest BCUT2D eigenvalue weighted by molar-refractivity contribution is 7.92. The first-order valence-electron chi connectivity index (χ1n) is 13.6. The number of nitrogens with zero attached hydrogens (tertiary/aromatic N) is 2. The Morgan fingerprint density at radius 2 is 1.50 bits per heavy atom. The third kappa shape index (κ3) is 7.94. The molecule has 3 aromatic carbocycles. The van der Waals surface area contributed by atoms with E-state index in [0.29, 0.717) is 18.5 Å². The van der Waals surface area contributed by atoms with Gasteiger partial charge in [0, 0.05) is 12.1 Å². The van der Waals surface area contributed by atoms with Crippen LogP contribution in [0.2, 0.25) is 0 Å². The Bertz CT molecular complexity index is 1400. The summed E-state index contributed by atoms with van der Waals surface area (Å²) >= 11 is 0. The fourth-order valence-corrected chi connectivity index (χ4v) is 6.17. The van der Waals surface area contributed by atoms with Crippen LogP contribution in [0, 0.1) is 13.8 Å². The van der Waals surface area contributed by atoms with Gasteiger partial charge in [0.2, 0.25) is 11.8 Å². The summed E-state index contributed by atoms with van der Waals surface area (Å²) in [5.74, 6) is -0.702. The van der Waals surface area contributed by atoms with Crippen molar-refractivity contribution in [3.05, 3.63) is 95.6 Å². The summed E-state index contributed by atoms with van der Waals surface area (Å²) in [7, 11) is -4.08. The standard InChI is InChI=1S/C32H41N3O4S/c1-7-28(31(37)33-32(4,5)6)34(21-20-26-14-10-8-11-15-26)30(36)23-35(29-19-18-24(2)22-25(29)3)40(38,39)27-16-12-9-13-17-27/h8-19,22,28H,7,20-21,23H2,1-6H3,(H,33,37)/t28-/m1/s1. The molecule has 0 fully saturated rings. The number of hydrogen-bond donors (Lipinski definition) is 1. The van der Waals surface area contributed by atoms with Gasteiger partial charge in [-0.05, 0) is 76.8 Å². The molecule has 0 heterocycles. The zero-order valence-corrected chi connectivity index (χ0v) is 25.2. The van der Waals surface area contributed by atoms with Gasteiger partial charge in [0.05, 0.1) is 10.6 Å². The molecule has 0 spiro atoms. The molecule has 2 amide bonds. The number of anilines is 1. The van der Waals surface area contributed by atoms with E-state index in [2.05, 4.69) is 5.32 Å². The lowest BCUT2D eigenvalue weighted by Crippen LogP contribution is -2.56. The number of amides is 2. The Morgan fingerprint density at radius 3 is 2.05 bits per heavy atom. The van der Waals surface area contributed by atoms with E-state index in [9.17, 15) is 18.0 Å². The molecule has 0 aliphatic carbocycles. The first kappa shape index (κ1) is 30.9. The zero-order valence-electron chi connectivity index (χ0n) is 24.3. The van der Waals surface area contributed by atoms with Crippen molar-refractivity contribution in [3.8, 4) is 0 Å². The van der Waals surface area contributed by atoms with Crippen molar-refractivity contribution in [2.24, 2.45) is 0 Å². The maximum Gasteiger partial charge on any atom is 0.264 e. The van der Waals surface area contributed by atoms with Gasteiger partial charge in [0.25, 0.3) is 10.0 Å². The topological polar surface area (TPSA) is 86.8 Å². The predicted octanol–water partition coefficient (Wildman–Crippen LogP) is 5.26. The molecule has 40 heavy (non-hydrogen) atoms. The Kier molecular flexibility index (Phi) is 10.1. The lowest BCUT2D eigenvalue weighted by Gasteiger charge is -2.35. The summed E-state index contributed by atoms with van der Waals surface area (Å²) in [5, 5.41) is 3.00. The van der Waals surface area contributed by atoms with Crippen LogP contribution in [0.5, 0.6) is 0 Å². The molecule has 7 nitrogen and oxygen atoms in total. The number of aryl methyl sites for hydroxylation is 2. The van der Waals surface area contributed by atoms with E-state index in [1.54, 1.807) is 24.3 Å². The molecular formula is C32H41N3O4S. The Labute approximate surface area is 239 Å². The minimum atomic E-state index is -4.08. The molecule has 1 atom stereocenters. The van der Waals surface area contributed by atoms with Crippen molar-refractivity contribution in [2.75, 3.05) is 17.4 Å². The van der Waals surface area contributed by atoms with Crippen LogP contribution in [0.15, 0.2) is 83.8 Å². The maximum absolute atomic E-state index is 14.1. The number of carbonyl (C=O) groups is 2.